The van der Waals surface area contributed by atoms with Gasteiger partial charge < -0.3 is 15.5 Å². The van der Waals surface area contributed by atoms with E-state index in [0.29, 0.717) is 5.56 Å². The van der Waals surface area contributed by atoms with Crippen molar-refractivity contribution in [3.63, 3.8) is 0 Å². The number of hydrogen-bond acceptors (Lipinski definition) is 4. The molecule has 0 aliphatic carbocycles. The number of phenols is 1. The van der Waals surface area contributed by atoms with E-state index in [9.17, 15) is 14.7 Å². The Balaban J connectivity index is 2.27. The van der Waals surface area contributed by atoms with Gasteiger partial charge in [0.05, 0.1) is 16.8 Å². The number of amides is 1. The lowest BCUT2D eigenvalue weighted by atomic mass is 10.1. The molecule has 0 aliphatic heterocycles. The van der Waals surface area contributed by atoms with Gasteiger partial charge in [0.1, 0.15) is 5.75 Å². The molecule has 0 aliphatic rings. The summed E-state index contributed by atoms with van der Waals surface area (Å²) in [5.41, 5.74) is 1.16. The van der Waals surface area contributed by atoms with Crippen LogP contribution in [0.15, 0.2) is 36.7 Å². The molecule has 2 aromatic rings. The van der Waals surface area contributed by atoms with Crippen molar-refractivity contribution < 1.29 is 19.8 Å². The average molecular weight is 272 g/mol. The third-order valence-electron chi connectivity index (χ3n) is 2.63. The van der Waals surface area contributed by atoms with E-state index in [1.807, 2.05) is 0 Å². The van der Waals surface area contributed by atoms with Crippen molar-refractivity contribution >= 4 is 17.6 Å². The Kier molecular flexibility index (Phi) is 3.65. The molecule has 3 N–H and O–H groups in total. The molecule has 0 fully saturated rings. The topological polar surface area (TPSA) is 99.5 Å². The van der Waals surface area contributed by atoms with E-state index in [0.717, 1.165) is 5.56 Å². The van der Waals surface area contributed by atoms with E-state index < -0.39 is 11.9 Å². The van der Waals surface area contributed by atoms with Gasteiger partial charge in [-0.05, 0) is 36.8 Å². The molecule has 0 unspecified atom stereocenters. The molecule has 0 saturated heterocycles. The molecular formula is C14H12N2O4. The average Bonchev–Trinajstić information content (AvgIpc) is 2.41. The Bertz CT molecular complexity index is 683. The first kappa shape index (κ1) is 13.5. The number of benzene rings is 1. The van der Waals surface area contributed by atoms with Crippen LogP contribution < -0.4 is 5.32 Å². The fourth-order valence-corrected chi connectivity index (χ4v) is 1.64. The number of carboxylic acids is 1. The summed E-state index contributed by atoms with van der Waals surface area (Å²) < 4.78 is 0. The Morgan fingerprint density at radius 3 is 2.55 bits per heavy atom. The lowest BCUT2D eigenvalue weighted by Gasteiger charge is -2.08. The third-order valence-corrected chi connectivity index (χ3v) is 2.63. The number of pyridine rings is 1. The Labute approximate surface area is 114 Å². The summed E-state index contributed by atoms with van der Waals surface area (Å²) >= 11 is 0. The fourth-order valence-electron chi connectivity index (χ4n) is 1.64. The molecule has 0 radical (unpaired) electrons. The Morgan fingerprint density at radius 1 is 1.15 bits per heavy atom. The first-order valence-corrected chi connectivity index (χ1v) is 5.76. The lowest BCUT2D eigenvalue weighted by Crippen LogP contribution is -2.13. The highest BCUT2D eigenvalue weighted by atomic mass is 16.4. The molecule has 0 saturated carbocycles. The van der Waals surface area contributed by atoms with Crippen LogP contribution in [0.3, 0.4) is 0 Å². The molecular weight excluding hydrogens is 260 g/mol. The van der Waals surface area contributed by atoms with Crippen LogP contribution >= 0.6 is 0 Å². The van der Waals surface area contributed by atoms with E-state index in [-0.39, 0.29) is 17.0 Å². The summed E-state index contributed by atoms with van der Waals surface area (Å²) in [6.45, 7) is 1.80. The first-order valence-electron chi connectivity index (χ1n) is 5.76. The maximum atomic E-state index is 12.0. The zero-order valence-corrected chi connectivity index (χ0v) is 10.6. The Morgan fingerprint density at radius 2 is 1.90 bits per heavy atom. The first-order chi connectivity index (χ1) is 9.47. The van der Waals surface area contributed by atoms with Gasteiger partial charge in [-0.15, -0.1) is 0 Å². The van der Waals surface area contributed by atoms with E-state index in [1.54, 1.807) is 19.2 Å². The highest BCUT2D eigenvalue weighted by Gasteiger charge is 2.12. The zero-order chi connectivity index (χ0) is 14.7. The maximum Gasteiger partial charge on any atom is 0.335 e. The summed E-state index contributed by atoms with van der Waals surface area (Å²) in [5, 5.41) is 21.0. The van der Waals surface area contributed by atoms with Crippen molar-refractivity contribution in [3.05, 3.63) is 53.3 Å². The summed E-state index contributed by atoms with van der Waals surface area (Å²) in [6.07, 6.45) is 3.00. The highest BCUT2D eigenvalue weighted by Crippen LogP contribution is 2.24. The number of carboxylic acid groups (broad SMARTS) is 1. The van der Waals surface area contributed by atoms with Crippen molar-refractivity contribution in [2.75, 3.05) is 5.32 Å². The number of aryl methyl sites for hydroxylation is 1. The number of nitrogens with zero attached hydrogens (tertiary/aromatic N) is 1. The van der Waals surface area contributed by atoms with Crippen LogP contribution in [0.2, 0.25) is 0 Å². The summed E-state index contributed by atoms with van der Waals surface area (Å²) in [6, 6.07) is 5.30. The number of nitrogens with one attached hydrogen (secondary N) is 1. The van der Waals surface area contributed by atoms with Gasteiger partial charge in [-0.2, -0.15) is 0 Å². The largest absolute Gasteiger partial charge is 0.506 e. The molecule has 6 nitrogen and oxygen atoms in total. The van der Waals surface area contributed by atoms with Crippen LogP contribution in [0, 0.1) is 6.92 Å². The van der Waals surface area contributed by atoms with Gasteiger partial charge in [-0.3, -0.25) is 9.78 Å². The number of aromatic hydroxyl groups is 1. The summed E-state index contributed by atoms with van der Waals surface area (Å²) in [4.78, 5) is 26.7. The van der Waals surface area contributed by atoms with Crippen molar-refractivity contribution in [1.82, 2.24) is 4.98 Å². The van der Waals surface area contributed by atoms with Crippen LogP contribution in [0.25, 0.3) is 0 Å². The maximum absolute atomic E-state index is 12.0. The summed E-state index contributed by atoms with van der Waals surface area (Å²) in [5.74, 6) is -1.82. The summed E-state index contributed by atoms with van der Waals surface area (Å²) in [7, 11) is 0. The van der Waals surface area contributed by atoms with Gasteiger partial charge in [0.2, 0.25) is 0 Å². The van der Waals surface area contributed by atoms with Crippen LogP contribution in [0.5, 0.6) is 5.75 Å². The minimum absolute atomic E-state index is 0.0273. The van der Waals surface area contributed by atoms with Crippen LogP contribution in [-0.4, -0.2) is 27.1 Å². The third kappa shape index (κ3) is 2.92. The number of aromatic nitrogens is 1. The second-order valence-corrected chi connectivity index (χ2v) is 4.24. The van der Waals surface area contributed by atoms with Crippen molar-refractivity contribution in [1.29, 1.82) is 0 Å². The number of hydrogen-bond donors (Lipinski definition) is 3. The van der Waals surface area contributed by atoms with E-state index in [4.69, 9.17) is 5.11 Å². The second kappa shape index (κ2) is 5.40. The molecule has 1 amide bonds. The smallest absolute Gasteiger partial charge is 0.335 e. The number of carbonyl (C=O) groups is 2. The van der Waals surface area contributed by atoms with Crippen LogP contribution in [0.4, 0.5) is 5.69 Å². The highest BCUT2D eigenvalue weighted by molar-refractivity contribution is 6.05. The fraction of sp³-hybridized carbons (Fsp3) is 0.0714. The lowest BCUT2D eigenvalue weighted by molar-refractivity contribution is 0.0696. The van der Waals surface area contributed by atoms with Crippen LogP contribution in [0.1, 0.15) is 26.3 Å². The van der Waals surface area contributed by atoms with Gasteiger partial charge in [0.25, 0.3) is 5.91 Å². The minimum atomic E-state index is -1.14. The van der Waals surface area contributed by atoms with E-state index in [2.05, 4.69) is 10.3 Å². The predicted octanol–water partition coefficient (Wildman–Crippen LogP) is 2.05. The van der Waals surface area contributed by atoms with Gasteiger partial charge in [-0.25, -0.2) is 4.79 Å². The van der Waals surface area contributed by atoms with E-state index in [1.165, 1.54) is 24.4 Å². The minimum Gasteiger partial charge on any atom is -0.506 e. The molecule has 0 spiro atoms. The molecule has 0 bridgehead atoms. The van der Waals surface area contributed by atoms with Gasteiger partial charge >= 0.3 is 5.97 Å². The molecule has 2 rings (SSSR count). The monoisotopic (exact) mass is 272 g/mol. The van der Waals surface area contributed by atoms with Gasteiger partial charge in [0.15, 0.2) is 0 Å². The number of anilines is 1. The molecule has 1 heterocycles. The molecule has 0 atom stereocenters. The normalized spacial score (nSPS) is 10.1. The molecule has 1 aromatic heterocycles. The number of phenolic OH excluding ortho intramolecular Hbond substituents is 1. The molecule has 1 aromatic carbocycles. The number of rotatable bonds is 3. The van der Waals surface area contributed by atoms with Crippen molar-refractivity contribution in [2.24, 2.45) is 0 Å². The SMILES string of the molecule is Cc1cncc(C(=O)Nc2cc(C(=O)O)ccc2O)c1. The molecule has 102 valence electrons. The number of aromatic carboxylic acids is 1. The standard InChI is InChI=1S/C14H12N2O4/c1-8-4-10(7-15-6-8)13(18)16-11-5-9(14(19)20)2-3-12(11)17/h2-7,17H,1H3,(H,16,18)(H,19,20). The Hall–Kier alpha value is -2.89. The predicted molar refractivity (Wildman–Crippen MR) is 72.0 cm³/mol. The van der Waals surface area contributed by atoms with Gasteiger partial charge in [0, 0.05) is 12.4 Å². The van der Waals surface area contributed by atoms with E-state index >= 15 is 0 Å². The number of carbonyl (C=O) groups excluding carboxylic acids is 1. The van der Waals surface area contributed by atoms with Crippen molar-refractivity contribution in [2.45, 2.75) is 6.92 Å². The zero-order valence-electron chi connectivity index (χ0n) is 10.6. The molecule has 6 heteroatoms. The quantitative estimate of drug-likeness (QED) is 0.742. The van der Waals surface area contributed by atoms with Gasteiger partial charge in [-0.1, -0.05) is 0 Å². The van der Waals surface area contributed by atoms with Crippen molar-refractivity contribution in [3.8, 4) is 5.75 Å². The second-order valence-electron chi connectivity index (χ2n) is 4.24. The molecule has 20 heavy (non-hydrogen) atoms. The van der Waals surface area contributed by atoms with Crippen LogP contribution in [-0.2, 0) is 0 Å².